The topological polar surface area (TPSA) is 39.2 Å². The van der Waals surface area contributed by atoms with Gasteiger partial charge in [-0.25, -0.2) is 0 Å². The number of ether oxygens (including phenoxy) is 1. The Morgan fingerprint density at radius 1 is 1.38 bits per heavy atom. The van der Waals surface area contributed by atoms with Crippen molar-refractivity contribution in [3.05, 3.63) is 42.1 Å². The van der Waals surface area contributed by atoms with Gasteiger partial charge in [-0.2, -0.15) is 0 Å². The minimum atomic E-state index is -0.175. The quantitative estimate of drug-likeness (QED) is 0.739. The molecule has 1 heterocycles. The number of hydrogen-bond donors (Lipinski definition) is 0. The lowest BCUT2D eigenvalue weighted by molar-refractivity contribution is -0.144. The summed E-state index contributed by atoms with van der Waals surface area (Å²) < 4.78 is 5.07. The molecule has 0 bridgehead atoms. The van der Waals surface area contributed by atoms with Gasteiger partial charge < -0.3 is 4.74 Å². The number of hydrogen-bond acceptors (Lipinski definition) is 3. The van der Waals surface area contributed by atoms with Gasteiger partial charge in [0.15, 0.2) is 0 Å². The molecular weight excluding hydrogens is 202 g/mol. The highest BCUT2D eigenvalue weighted by Gasteiger charge is 2.01. The summed E-state index contributed by atoms with van der Waals surface area (Å²) in [5, 5.41) is 1.06. The maximum atomic E-state index is 11.0. The number of esters is 1. The second kappa shape index (κ2) is 4.75. The van der Waals surface area contributed by atoms with E-state index < -0.39 is 0 Å². The number of carbonyl (C=O) groups excluding carboxylic acids is 1. The summed E-state index contributed by atoms with van der Waals surface area (Å²) in [6, 6.07) is 9.74. The molecule has 0 saturated carbocycles. The molecule has 0 aliphatic rings. The van der Waals surface area contributed by atoms with Crippen LogP contribution in [0.3, 0.4) is 0 Å². The van der Waals surface area contributed by atoms with Crippen LogP contribution in [0.15, 0.2) is 36.5 Å². The monoisotopic (exact) mass is 215 g/mol. The fraction of sp³-hybridized carbons (Fsp3) is 0.231. The number of rotatable bonds is 3. The molecular formula is C13H13NO2. The smallest absolute Gasteiger partial charge is 0.305 e. The van der Waals surface area contributed by atoms with Gasteiger partial charge in [0.25, 0.3) is 0 Å². The Bertz CT molecular complexity index is 508. The molecule has 1 aromatic carbocycles. The van der Waals surface area contributed by atoms with E-state index in [-0.39, 0.29) is 5.97 Å². The van der Waals surface area contributed by atoms with Crippen LogP contribution in [0.5, 0.6) is 0 Å². The summed E-state index contributed by atoms with van der Waals surface area (Å²) in [6.45, 7) is 2.12. The molecule has 0 fully saturated rings. The van der Waals surface area contributed by atoms with Crippen molar-refractivity contribution in [3.63, 3.8) is 0 Å². The molecule has 2 aromatic rings. The molecule has 0 spiro atoms. The van der Waals surface area contributed by atoms with Crippen molar-refractivity contribution in [1.29, 1.82) is 0 Å². The molecule has 1 aromatic heterocycles. The minimum absolute atomic E-state index is 0.175. The van der Waals surface area contributed by atoms with Crippen molar-refractivity contribution < 1.29 is 9.53 Å². The molecule has 0 atom stereocenters. The van der Waals surface area contributed by atoms with Gasteiger partial charge in [0.05, 0.1) is 5.52 Å². The van der Waals surface area contributed by atoms with Gasteiger partial charge in [0.2, 0.25) is 0 Å². The first-order chi connectivity index (χ1) is 7.79. The highest BCUT2D eigenvalue weighted by molar-refractivity contribution is 5.79. The molecule has 0 radical (unpaired) electrons. The Morgan fingerprint density at radius 2 is 2.25 bits per heavy atom. The van der Waals surface area contributed by atoms with Gasteiger partial charge in [-0.3, -0.25) is 9.78 Å². The van der Waals surface area contributed by atoms with Gasteiger partial charge >= 0.3 is 5.97 Å². The first-order valence-corrected chi connectivity index (χ1v) is 5.29. The number of nitrogens with zero attached hydrogens (tertiary/aromatic N) is 1. The highest BCUT2D eigenvalue weighted by Crippen LogP contribution is 2.14. The average Bonchev–Trinajstić information content (AvgIpc) is 2.35. The first-order valence-electron chi connectivity index (χ1n) is 5.29. The standard InChI is InChI=1S/C13H13NO2/c1-2-13(15)16-9-10-5-6-12-11(8-10)4-3-7-14-12/h3-8H,2,9H2,1H3. The Hall–Kier alpha value is -1.90. The first kappa shape index (κ1) is 10.6. The van der Waals surface area contributed by atoms with Crippen LogP contribution in [0.2, 0.25) is 0 Å². The molecule has 16 heavy (non-hydrogen) atoms. The van der Waals surface area contributed by atoms with Crippen LogP contribution in [0.1, 0.15) is 18.9 Å². The fourth-order valence-corrected chi connectivity index (χ4v) is 1.48. The molecule has 3 heteroatoms. The third kappa shape index (κ3) is 2.37. The Morgan fingerprint density at radius 3 is 3.06 bits per heavy atom. The van der Waals surface area contributed by atoms with Gasteiger partial charge in [-0.15, -0.1) is 0 Å². The van der Waals surface area contributed by atoms with E-state index in [1.54, 1.807) is 13.1 Å². The van der Waals surface area contributed by atoms with Crippen molar-refractivity contribution in [2.24, 2.45) is 0 Å². The average molecular weight is 215 g/mol. The van der Waals surface area contributed by atoms with E-state index in [2.05, 4.69) is 4.98 Å². The molecule has 82 valence electrons. The lowest BCUT2D eigenvalue weighted by Gasteiger charge is -2.04. The number of pyridine rings is 1. The zero-order valence-corrected chi connectivity index (χ0v) is 9.14. The Labute approximate surface area is 94.1 Å². The molecule has 0 aliphatic heterocycles. The summed E-state index contributed by atoms with van der Waals surface area (Å²) >= 11 is 0. The maximum absolute atomic E-state index is 11.0. The van der Waals surface area contributed by atoms with E-state index in [9.17, 15) is 4.79 Å². The number of aromatic nitrogens is 1. The predicted octanol–water partition coefficient (Wildman–Crippen LogP) is 2.69. The third-order valence-corrected chi connectivity index (χ3v) is 2.36. The Balaban J connectivity index is 2.16. The van der Waals surface area contributed by atoms with E-state index in [4.69, 9.17) is 4.74 Å². The van der Waals surface area contributed by atoms with E-state index in [1.165, 1.54) is 0 Å². The van der Waals surface area contributed by atoms with Gasteiger partial charge in [-0.05, 0) is 23.8 Å². The second-order valence-corrected chi connectivity index (χ2v) is 3.54. The third-order valence-electron chi connectivity index (χ3n) is 2.36. The molecule has 2 rings (SSSR count). The van der Waals surface area contributed by atoms with Crippen molar-refractivity contribution in [3.8, 4) is 0 Å². The molecule has 3 nitrogen and oxygen atoms in total. The summed E-state index contributed by atoms with van der Waals surface area (Å²) in [6.07, 6.45) is 2.17. The minimum Gasteiger partial charge on any atom is -0.461 e. The molecule has 0 saturated heterocycles. The van der Waals surface area contributed by atoms with Crippen molar-refractivity contribution in [1.82, 2.24) is 4.98 Å². The number of fused-ring (bicyclic) bond motifs is 1. The molecule has 0 unspecified atom stereocenters. The van der Waals surface area contributed by atoms with Crippen LogP contribution in [-0.4, -0.2) is 11.0 Å². The Kier molecular flexibility index (Phi) is 3.15. The van der Waals surface area contributed by atoms with Crippen LogP contribution in [0.4, 0.5) is 0 Å². The largest absolute Gasteiger partial charge is 0.461 e. The van der Waals surface area contributed by atoms with Gasteiger partial charge in [-0.1, -0.05) is 19.1 Å². The second-order valence-electron chi connectivity index (χ2n) is 3.54. The van der Waals surface area contributed by atoms with Crippen molar-refractivity contribution in [2.45, 2.75) is 20.0 Å². The number of benzene rings is 1. The van der Waals surface area contributed by atoms with Crippen molar-refractivity contribution >= 4 is 16.9 Å². The van der Waals surface area contributed by atoms with E-state index in [1.807, 2.05) is 30.3 Å². The summed E-state index contributed by atoms with van der Waals surface area (Å²) in [7, 11) is 0. The predicted molar refractivity (Wildman–Crippen MR) is 61.8 cm³/mol. The SMILES string of the molecule is CCC(=O)OCc1ccc2ncccc2c1. The van der Waals surface area contributed by atoms with E-state index in [0.717, 1.165) is 16.5 Å². The molecule has 0 amide bonds. The van der Waals surface area contributed by atoms with Crippen LogP contribution >= 0.6 is 0 Å². The molecule has 0 N–H and O–H groups in total. The van der Waals surface area contributed by atoms with Crippen LogP contribution in [0.25, 0.3) is 10.9 Å². The van der Waals surface area contributed by atoms with Crippen LogP contribution in [0, 0.1) is 0 Å². The van der Waals surface area contributed by atoms with E-state index in [0.29, 0.717) is 13.0 Å². The van der Waals surface area contributed by atoms with Gasteiger partial charge in [0, 0.05) is 18.0 Å². The van der Waals surface area contributed by atoms with Crippen molar-refractivity contribution in [2.75, 3.05) is 0 Å². The normalized spacial score (nSPS) is 10.3. The van der Waals surface area contributed by atoms with Crippen LogP contribution < -0.4 is 0 Å². The molecule has 0 aliphatic carbocycles. The van der Waals surface area contributed by atoms with Crippen LogP contribution in [-0.2, 0) is 16.1 Å². The summed E-state index contributed by atoms with van der Waals surface area (Å²) in [5.41, 5.74) is 1.94. The van der Waals surface area contributed by atoms with Gasteiger partial charge in [0.1, 0.15) is 6.61 Å². The highest BCUT2D eigenvalue weighted by atomic mass is 16.5. The maximum Gasteiger partial charge on any atom is 0.305 e. The number of carbonyl (C=O) groups is 1. The zero-order chi connectivity index (χ0) is 11.4. The fourth-order valence-electron chi connectivity index (χ4n) is 1.48. The summed E-state index contributed by atoms with van der Waals surface area (Å²) in [5.74, 6) is -0.175. The van der Waals surface area contributed by atoms with E-state index >= 15 is 0 Å². The summed E-state index contributed by atoms with van der Waals surface area (Å²) in [4.78, 5) is 15.2. The lowest BCUT2D eigenvalue weighted by atomic mass is 10.1. The zero-order valence-electron chi connectivity index (χ0n) is 9.14. The lowest BCUT2D eigenvalue weighted by Crippen LogP contribution is -2.02.